The minimum atomic E-state index is -0.158. The number of aromatic nitrogens is 1. The van der Waals surface area contributed by atoms with Crippen LogP contribution in [0, 0.1) is 0 Å². The molecule has 126 valence electrons. The molecule has 0 spiro atoms. The van der Waals surface area contributed by atoms with Crippen LogP contribution in [0.2, 0.25) is 5.02 Å². The van der Waals surface area contributed by atoms with Gasteiger partial charge in [0.2, 0.25) is 0 Å². The van der Waals surface area contributed by atoms with E-state index in [9.17, 15) is 4.79 Å². The van der Waals surface area contributed by atoms with Gasteiger partial charge in [0.05, 0.1) is 26.1 Å². The van der Waals surface area contributed by atoms with Crippen LogP contribution in [0.15, 0.2) is 36.5 Å². The molecule has 1 fully saturated rings. The summed E-state index contributed by atoms with van der Waals surface area (Å²) in [6.07, 6.45) is 1.54. The lowest BCUT2D eigenvalue weighted by Crippen LogP contribution is -2.50. The molecule has 1 aromatic heterocycles. The highest BCUT2D eigenvalue weighted by Gasteiger charge is 2.31. The SMILES string of the molecule is COc1cc(NC(=O)N2CC(c3ccc(Cl)cc3)C2)cnc1OC. The number of amides is 2. The molecule has 1 aliphatic heterocycles. The second kappa shape index (κ2) is 6.97. The van der Waals surface area contributed by atoms with Crippen molar-refractivity contribution >= 4 is 23.3 Å². The number of urea groups is 1. The Bertz CT molecular complexity index is 730. The molecular weight excluding hydrogens is 330 g/mol. The molecule has 1 N–H and O–H groups in total. The van der Waals surface area contributed by atoms with Crippen molar-refractivity contribution in [3.63, 3.8) is 0 Å². The first-order valence-corrected chi connectivity index (χ1v) is 7.88. The first-order valence-electron chi connectivity index (χ1n) is 7.50. The van der Waals surface area contributed by atoms with Crippen LogP contribution in [0.25, 0.3) is 0 Å². The number of nitrogens with zero attached hydrogens (tertiary/aromatic N) is 2. The van der Waals surface area contributed by atoms with Gasteiger partial charge in [-0.25, -0.2) is 9.78 Å². The number of nitrogens with one attached hydrogen (secondary N) is 1. The number of carbonyl (C=O) groups excluding carboxylic acids is 1. The van der Waals surface area contributed by atoms with Crippen LogP contribution >= 0.6 is 11.6 Å². The number of benzene rings is 1. The van der Waals surface area contributed by atoms with E-state index < -0.39 is 0 Å². The molecule has 1 aliphatic rings. The van der Waals surface area contributed by atoms with Crippen LogP contribution in [0.4, 0.5) is 10.5 Å². The van der Waals surface area contributed by atoms with E-state index in [0.29, 0.717) is 41.3 Å². The number of methoxy groups -OCH3 is 2. The first-order chi connectivity index (χ1) is 11.6. The van der Waals surface area contributed by atoms with Crippen molar-refractivity contribution in [3.8, 4) is 11.6 Å². The van der Waals surface area contributed by atoms with E-state index in [1.165, 1.54) is 26.0 Å². The zero-order chi connectivity index (χ0) is 17.1. The predicted molar refractivity (Wildman–Crippen MR) is 92.1 cm³/mol. The molecule has 0 atom stereocenters. The summed E-state index contributed by atoms with van der Waals surface area (Å²) < 4.78 is 10.3. The number of hydrogen-bond acceptors (Lipinski definition) is 4. The maximum Gasteiger partial charge on any atom is 0.321 e. The van der Waals surface area contributed by atoms with Crippen LogP contribution in [-0.4, -0.2) is 43.2 Å². The van der Waals surface area contributed by atoms with Crippen molar-refractivity contribution in [1.82, 2.24) is 9.88 Å². The summed E-state index contributed by atoms with van der Waals surface area (Å²) in [7, 11) is 3.04. The molecule has 6 nitrogen and oxygen atoms in total. The highest BCUT2D eigenvalue weighted by Crippen LogP contribution is 2.30. The third-order valence-corrected chi connectivity index (χ3v) is 4.24. The molecule has 24 heavy (non-hydrogen) atoms. The Morgan fingerprint density at radius 3 is 2.58 bits per heavy atom. The number of rotatable bonds is 4. The van der Waals surface area contributed by atoms with Gasteiger partial charge in [-0.1, -0.05) is 23.7 Å². The number of hydrogen-bond donors (Lipinski definition) is 1. The van der Waals surface area contributed by atoms with Gasteiger partial charge in [0.15, 0.2) is 5.75 Å². The quantitative estimate of drug-likeness (QED) is 0.920. The van der Waals surface area contributed by atoms with Gasteiger partial charge in [-0.05, 0) is 17.7 Å². The van der Waals surface area contributed by atoms with Crippen LogP contribution in [0.3, 0.4) is 0 Å². The Hall–Kier alpha value is -2.47. The van der Waals surface area contributed by atoms with Gasteiger partial charge in [0.1, 0.15) is 0 Å². The number of carbonyl (C=O) groups is 1. The number of pyridine rings is 1. The summed E-state index contributed by atoms with van der Waals surface area (Å²) >= 11 is 5.89. The predicted octanol–water partition coefficient (Wildman–Crippen LogP) is 3.38. The molecule has 2 amide bonds. The van der Waals surface area contributed by atoms with Crippen molar-refractivity contribution in [2.45, 2.75) is 5.92 Å². The minimum absolute atomic E-state index is 0.158. The van der Waals surface area contributed by atoms with E-state index >= 15 is 0 Å². The molecule has 2 heterocycles. The van der Waals surface area contributed by atoms with E-state index in [1.807, 2.05) is 24.3 Å². The summed E-state index contributed by atoms with van der Waals surface area (Å²) in [5, 5.41) is 3.54. The molecule has 0 bridgehead atoms. The van der Waals surface area contributed by atoms with Crippen LogP contribution in [0.1, 0.15) is 11.5 Å². The second-order valence-corrected chi connectivity index (χ2v) is 5.96. The van der Waals surface area contributed by atoms with Gasteiger partial charge in [-0.2, -0.15) is 0 Å². The van der Waals surface area contributed by atoms with Crippen molar-refractivity contribution < 1.29 is 14.3 Å². The maximum atomic E-state index is 12.3. The topological polar surface area (TPSA) is 63.7 Å². The van der Waals surface area contributed by atoms with Crippen molar-refractivity contribution in [2.24, 2.45) is 0 Å². The van der Waals surface area contributed by atoms with Crippen LogP contribution in [-0.2, 0) is 0 Å². The zero-order valence-electron chi connectivity index (χ0n) is 13.5. The second-order valence-electron chi connectivity index (χ2n) is 5.52. The zero-order valence-corrected chi connectivity index (χ0v) is 14.2. The molecule has 1 aromatic carbocycles. The lowest BCUT2D eigenvalue weighted by Gasteiger charge is -2.39. The average molecular weight is 348 g/mol. The van der Waals surface area contributed by atoms with E-state index in [1.54, 1.807) is 11.0 Å². The Kier molecular flexibility index (Phi) is 4.76. The molecule has 3 rings (SSSR count). The van der Waals surface area contributed by atoms with Gasteiger partial charge in [-0.15, -0.1) is 0 Å². The normalized spacial score (nSPS) is 14.0. The minimum Gasteiger partial charge on any atom is -0.491 e. The van der Waals surface area contributed by atoms with Gasteiger partial charge in [0.25, 0.3) is 5.88 Å². The first kappa shape index (κ1) is 16.4. The molecular formula is C17H18ClN3O3. The van der Waals surface area contributed by atoms with E-state index in [-0.39, 0.29) is 6.03 Å². The number of anilines is 1. The third kappa shape index (κ3) is 3.38. The van der Waals surface area contributed by atoms with Crippen molar-refractivity contribution in [1.29, 1.82) is 0 Å². The molecule has 2 aromatic rings. The standard InChI is InChI=1S/C17H18ClN3O3/c1-23-15-7-14(8-19-16(15)24-2)20-17(22)21-9-12(10-21)11-3-5-13(18)6-4-11/h3-8,12H,9-10H2,1-2H3,(H,20,22). The van der Waals surface area contributed by atoms with E-state index in [4.69, 9.17) is 21.1 Å². The number of ether oxygens (including phenoxy) is 2. The summed E-state index contributed by atoms with van der Waals surface area (Å²) in [5.41, 5.74) is 1.75. The number of likely N-dealkylation sites (tertiary alicyclic amines) is 1. The Balaban J connectivity index is 1.58. The van der Waals surface area contributed by atoms with Gasteiger partial charge in [0, 0.05) is 30.1 Å². The van der Waals surface area contributed by atoms with Crippen molar-refractivity contribution in [2.75, 3.05) is 32.6 Å². The largest absolute Gasteiger partial charge is 0.491 e. The summed E-state index contributed by atoms with van der Waals surface area (Å²) in [4.78, 5) is 18.1. The maximum absolute atomic E-state index is 12.3. The Morgan fingerprint density at radius 1 is 1.25 bits per heavy atom. The summed E-state index contributed by atoms with van der Waals surface area (Å²) in [6.45, 7) is 1.35. The molecule has 0 aliphatic carbocycles. The third-order valence-electron chi connectivity index (χ3n) is 3.99. The monoisotopic (exact) mass is 347 g/mol. The Morgan fingerprint density at radius 2 is 1.96 bits per heavy atom. The smallest absolute Gasteiger partial charge is 0.321 e. The fourth-order valence-corrected chi connectivity index (χ4v) is 2.72. The molecule has 0 saturated carbocycles. The molecule has 0 radical (unpaired) electrons. The van der Waals surface area contributed by atoms with Crippen LogP contribution < -0.4 is 14.8 Å². The summed E-state index contributed by atoms with van der Waals surface area (Å²) in [5.74, 6) is 1.19. The van der Waals surface area contributed by atoms with Gasteiger partial charge in [-0.3, -0.25) is 0 Å². The van der Waals surface area contributed by atoms with E-state index in [2.05, 4.69) is 10.3 Å². The highest BCUT2D eigenvalue weighted by atomic mass is 35.5. The Labute approximate surface area is 145 Å². The average Bonchev–Trinajstić information content (AvgIpc) is 2.55. The van der Waals surface area contributed by atoms with E-state index in [0.717, 1.165) is 0 Å². The lowest BCUT2D eigenvalue weighted by molar-refractivity contribution is 0.164. The molecule has 7 heteroatoms. The summed E-state index contributed by atoms with van der Waals surface area (Å²) in [6, 6.07) is 9.26. The molecule has 0 unspecified atom stereocenters. The lowest BCUT2D eigenvalue weighted by atomic mass is 9.92. The fraction of sp³-hybridized carbons (Fsp3) is 0.294. The number of halogens is 1. The highest BCUT2D eigenvalue weighted by molar-refractivity contribution is 6.30. The van der Waals surface area contributed by atoms with Crippen molar-refractivity contribution in [3.05, 3.63) is 47.1 Å². The van der Waals surface area contributed by atoms with Gasteiger partial charge < -0.3 is 19.7 Å². The van der Waals surface area contributed by atoms with Crippen LogP contribution in [0.5, 0.6) is 11.6 Å². The van der Waals surface area contributed by atoms with Gasteiger partial charge >= 0.3 is 6.03 Å². The fourth-order valence-electron chi connectivity index (χ4n) is 2.59. The molecule has 1 saturated heterocycles.